The molecule has 3 N–H and O–H groups in total. The Morgan fingerprint density at radius 3 is 2.73 bits per heavy atom. The smallest absolute Gasteiger partial charge is 0.335 e. The van der Waals surface area contributed by atoms with Gasteiger partial charge in [-0.3, -0.25) is 19.4 Å². The second-order valence-electron chi connectivity index (χ2n) is 8.73. The highest BCUT2D eigenvalue weighted by Crippen LogP contribution is 2.28. The molecule has 9 nitrogen and oxygen atoms in total. The first-order valence-electron chi connectivity index (χ1n) is 11.3. The Morgan fingerprint density at radius 2 is 2.03 bits per heavy atom. The number of nitrogens with one attached hydrogen (secondary N) is 2. The van der Waals surface area contributed by atoms with Crippen molar-refractivity contribution in [1.29, 1.82) is 0 Å². The fourth-order valence-electron chi connectivity index (χ4n) is 4.80. The average Bonchev–Trinajstić information content (AvgIpc) is 3.45. The van der Waals surface area contributed by atoms with Crippen LogP contribution in [-0.4, -0.2) is 71.0 Å². The number of fused-ring (bicyclic) bond motifs is 1. The Hall–Kier alpha value is -3.17. The van der Waals surface area contributed by atoms with Gasteiger partial charge in [0.05, 0.1) is 18.4 Å². The van der Waals surface area contributed by atoms with Crippen LogP contribution >= 0.6 is 0 Å². The molecule has 3 heterocycles. The topological polar surface area (TPSA) is 115 Å². The number of amides is 2. The van der Waals surface area contributed by atoms with Crippen molar-refractivity contribution >= 4 is 17.8 Å². The van der Waals surface area contributed by atoms with Gasteiger partial charge >= 0.3 is 5.97 Å². The summed E-state index contributed by atoms with van der Waals surface area (Å²) in [7, 11) is 2.04. The zero-order chi connectivity index (χ0) is 23.4. The maximum absolute atomic E-state index is 13.0. The molecule has 4 rings (SSSR count). The van der Waals surface area contributed by atoms with E-state index in [9.17, 15) is 14.4 Å². The summed E-state index contributed by atoms with van der Waals surface area (Å²) < 4.78 is 5.24. The van der Waals surface area contributed by atoms with Crippen molar-refractivity contribution < 1.29 is 23.9 Å². The number of furan rings is 1. The number of benzene rings is 1. The molecule has 176 valence electrons. The molecular weight excluding hydrogens is 424 g/mol. The molecule has 0 radical (unpaired) electrons. The predicted molar refractivity (Wildman–Crippen MR) is 120 cm³/mol. The molecule has 2 aromatic rings. The number of likely N-dealkylation sites (N-methyl/N-ethyl adjacent to an activating group) is 1. The molecule has 2 saturated heterocycles. The molecule has 0 aliphatic carbocycles. The highest BCUT2D eigenvalue weighted by Gasteiger charge is 2.44. The lowest BCUT2D eigenvalue weighted by atomic mass is 10.0. The summed E-state index contributed by atoms with van der Waals surface area (Å²) in [4.78, 5) is 40.7. The maximum Gasteiger partial charge on any atom is 0.335 e. The molecule has 1 aromatic carbocycles. The van der Waals surface area contributed by atoms with Crippen molar-refractivity contribution in [3.05, 3.63) is 59.5 Å². The van der Waals surface area contributed by atoms with E-state index >= 15 is 0 Å². The zero-order valence-corrected chi connectivity index (χ0v) is 18.7. The predicted octanol–water partition coefficient (Wildman–Crippen LogP) is 1.45. The average molecular weight is 455 g/mol. The molecule has 2 fully saturated rings. The number of carbonyl (C=O) groups is 3. The molecule has 9 heteroatoms. The summed E-state index contributed by atoms with van der Waals surface area (Å²) in [6, 6.07) is 10.3. The van der Waals surface area contributed by atoms with Gasteiger partial charge in [-0.2, -0.15) is 0 Å². The van der Waals surface area contributed by atoms with Crippen LogP contribution in [0.25, 0.3) is 0 Å². The van der Waals surface area contributed by atoms with Gasteiger partial charge in [-0.25, -0.2) is 4.79 Å². The van der Waals surface area contributed by atoms with Crippen molar-refractivity contribution in [2.45, 2.75) is 50.5 Å². The molecule has 2 aliphatic rings. The summed E-state index contributed by atoms with van der Waals surface area (Å²) in [6.45, 7) is 2.25. The van der Waals surface area contributed by atoms with Crippen LogP contribution in [-0.2, 0) is 22.7 Å². The van der Waals surface area contributed by atoms with Crippen LogP contribution in [0.4, 0.5) is 0 Å². The first-order chi connectivity index (χ1) is 15.9. The van der Waals surface area contributed by atoms with E-state index in [2.05, 4.69) is 20.4 Å². The molecule has 33 heavy (non-hydrogen) atoms. The number of hydrogen-bond acceptors (Lipinski definition) is 6. The van der Waals surface area contributed by atoms with Gasteiger partial charge in [-0.15, -0.1) is 0 Å². The minimum atomic E-state index is -0.951. The number of carbonyl (C=O) groups excluding carboxylic acids is 2. The van der Waals surface area contributed by atoms with E-state index in [0.29, 0.717) is 38.2 Å². The Bertz CT molecular complexity index is 975. The maximum atomic E-state index is 13.0. The molecule has 2 aliphatic heterocycles. The standard InChI is InChI=1S/C24H30N4O5/c1-27-18(8-9-21(29)25-14-19-3-2-12-33-19)13-26-23(30)22-20(27)10-11-28(22)15-16-4-6-17(7-5-16)24(31)32/h2-7,12,18,20,22H,8-11,13-15H2,1H3,(H,25,29)(H,26,30)(H,31,32). The van der Waals surface area contributed by atoms with Crippen LogP contribution in [0.1, 0.15) is 40.9 Å². The van der Waals surface area contributed by atoms with E-state index in [-0.39, 0.29) is 35.5 Å². The minimum absolute atomic E-state index is 0.0104. The van der Waals surface area contributed by atoms with Crippen molar-refractivity contribution in [3.8, 4) is 0 Å². The molecule has 0 saturated carbocycles. The Labute approximate surface area is 192 Å². The van der Waals surface area contributed by atoms with Gasteiger partial charge in [-0.1, -0.05) is 12.1 Å². The molecule has 0 bridgehead atoms. The van der Waals surface area contributed by atoms with Crippen LogP contribution in [0.15, 0.2) is 47.1 Å². The highest BCUT2D eigenvalue weighted by atomic mass is 16.4. The van der Waals surface area contributed by atoms with Crippen molar-refractivity contribution in [3.63, 3.8) is 0 Å². The minimum Gasteiger partial charge on any atom is -0.478 e. The van der Waals surface area contributed by atoms with Gasteiger partial charge in [-0.05, 0) is 49.7 Å². The molecule has 3 atom stereocenters. The number of likely N-dealkylation sites (tertiary alicyclic amines) is 1. The van der Waals surface area contributed by atoms with Crippen LogP contribution in [0, 0.1) is 0 Å². The Balaban J connectivity index is 1.33. The summed E-state index contributed by atoms with van der Waals surface area (Å²) in [5.41, 5.74) is 1.23. The Morgan fingerprint density at radius 1 is 1.24 bits per heavy atom. The first kappa shape index (κ1) is 23.0. The SMILES string of the molecule is CN1C(CCC(=O)NCc2ccco2)CNC(=O)C2C1CCN2Cc1ccc(C(=O)O)cc1. The Kier molecular flexibility index (Phi) is 7.10. The molecule has 3 unspecified atom stereocenters. The van der Waals surface area contributed by atoms with Crippen LogP contribution in [0.3, 0.4) is 0 Å². The van der Waals surface area contributed by atoms with Gasteiger partial charge in [0.15, 0.2) is 0 Å². The van der Waals surface area contributed by atoms with Gasteiger partial charge in [0.1, 0.15) is 11.8 Å². The van der Waals surface area contributed by atoms with E-state index in [0.717, 1.165) is 18.5 Å². The van der Waals surface area contributed by atoms with Crippen LogP contribution in [0.2, 0.25) is 0 Å². The summed E-state index contributed by atoms with van der Waals surface area (Å²) in [5.74, 6) is -0.261. The fourth-order valence-corrected chi connectivity index (χ4v) is 4.80. The molecule has 0 spiro atoms. The molecule has 1 aromatic heterocycles. The van der Waals surface area contributed by atoms with Gasteiger partial charge in [0.2, 0.25) is 11.8 Å². The van der Waals surface area contributed by atoms with Crippen LogP contribution in [0.5, 0.6) is 0 Å². The van der Waals surface area contributed by atoms with Gasteiger partial charge in [0, 0.05) is 38.1 Å². The molecule has 2 amide bonds. The van der Waals surface area contributed by atoms with Crippen molar-refractivity contribution in [2.75, 3.05) is 20.1 Å². The van der Waals surface area contributed by atoms with Crippen molar-refractivity contribution in [1.82, 2.24) is 20.4 Å². The number of aromatic carboxylic acids is 1. The number of rotatable bonds is 8. The van der Waals surface area contributed by atoms with E-state index in [1.54, 1.807) is 36.6 Å². The third-order valence-corrected chi connectivity index (χ3v) is 6.68. The molecular formula is C24H30N4O5. The summed E-state index contributed by atoms with van der Waals surface area (Å²) in [6.07, 6.45) is 3.48. The monoisotopic (exact) mass is 454 g/mol. The first-order valence-corrected chi connectivity index (χ1v) is 11.3. The number of carboxylic acid groups (broad SMARTS) is 1. The number of hydrogen-bond donors (Lipinski definition) is 3. The highest BCUT2D eigenvalue weighted by molar-refractivity contribution is 5.87. The van der Waals surface area contributed by atoms with Crippen molar-refractivity contribution in [2.24, 2.45) is 0 Å². The largest absolute Gasteiger partial charge is 0.478 e. The lowest BCUT2D eigenvalue weighted by Gasteiger charge is -2.33. The zero-order valence-electron chi connectivity index (χ0n) is 18.7. The van der Waals surface area contributed by atoms with E-state index in [1.165, 1.54) is 0 Å². The third-order valence-electron chi connectivity index (χ3n) is 6.68. The second kappa shape index (κ2) is 10.2. The lowest BCUT2D eigenvalue weighted by molar-refractivity contribution is -0.126. The lowest BCUT2D eigenvalue weighted by Crippen LogP contribution is -2.49. The number of nitrogens with zero attached hydrogens (tertiary/aromatic N) is 2. The number of carboxylic acids is 1. The normalized spacial score (nSPS) is 23.5. The van der Waals surface area contributed by atoms with E-state index < -0.39 is 5.97 Å². The second-order valence-corrected chi connectivity index (χ2v) is 8.73. The van der Waals surface area contributed by atoms with E-state index in [1.807, 2.05) is 13.1 Å². The fraction of sp³-hybridized carbons (Fsp3) is 0.458. The van der Waals surface area contributed by atoms with Crippen LogP contribution < -0.4 is 10.6 Å². The van der Waals surface area contributed by atoms with Gasteiger partial charge < -0.3 is 20.2 Å². The van der Waals surface area contributed by atoms with Gasteiger partial charge in [0.25, 0.3) is 0 Å². The quantitative estimate of drug-likeness (QED) is 0.553. The summed E-state index contributed by atoms with van der Waals surface area (Å²) in [5, 5.41) is 15.0. The summed E-state index contributed by atoms with van der Waals surface area (Å²) >= 11 is 0. The third kappa shape index (κ3) is 5.43. The van der Waals surface area contributed by atoms with E-state index in [4.69, 9.17) is 9.52 Å².